The highest BCUT2D eigenvalue weighted by molar-refractivity contribution is 5.26. The van der Waals surface area contributed by atoms with Crippen LogP contribution in [0.25, 0.3) is 0 Å². The molecule has 2 aromatic rings. The van der Waals surface area contributed by atoms with Gasteiger partial charge < -0.3 is 4.98 Å². The van der Waals surface area contributed by atoms with E-state index in [1.165, 1.54) is 5.56 Å². The minimum absolute atomic E-state index is 0.00487. The van der Waals surface area contributed by atoms with Crippen LogP contribution in [0.1, 0.15) is 54.8 Å². The highest BCUT2D eigenvalue weighted by Gasteiger charge is 2.25. The van der Waals surface area contributed by atoms with Crippen molar-refractivity contribution in [2.24, 2.45) is 0 Å². The summed E-state index contributed by atoms with van der Waals surface area (Å²) in [6.45, 7) is 12.6. The number of H-pyrrole nitrogens is 2. The van der Waals surface area contributed by atoms with Crippen LogP contribution in [-0.2, 0) is 24.9 Å². The number of aryl methyl sites for hydroxylation is 2. The minimum Gasteiger partial charge on any atom is -0.310 e. The summed E-state index contributed by atoms with van der Waals surface area (Å²) in [6.07, 6.45) is 0.818. The summed E-state index contributed by atoms with van der Waals surface area (Å²) >= 11 is 0. The van der Waals surface area contributed by atoms with Crippen LogP contribution in [0.5, 0.6) is 0 Å². The first-order valence-electron chi connectivity index (χ1n) is 8.11. The van der Waals surface area contributed by atoms with Crippen molar-refractivity contribution in [2.45, 2.75) is 59.5 Å². The van der Waals surface area contributed by atoms with Crippen LogP contribution in [0.3, 0.4) is 0 Å². The molecule has 124 valence electrons. The predicted octanol–water partition coefficient (Wildman–Crippen LogP) is 1.97. The fourth-order valence-electron chi connectivity index (χ4n) is 3.00. The molecule has 0 unspecified atom stereocenters. The lowest BCUT2D eigenvalue weighted by Crippen LogP contribution is -2.37. The van der Waals surface area contributed by atoms with Crippen molar-refractivity contribution in [3.05, 3.63) is 44.4 Å². The summed E-state index contributed by atoms with van der Waals surface area (Å²) < 4.78 is 0. The van der Waals surface area contributed by atoms with E-state index in [4.69, 9.17) is 4.98 Å². The van der Waals surface area contributed by atoms with Gasteiger partial charge in [0.2, 0.25) is 0 Å². The van der Waals surface area contributed by atoms with E-state index in [0.29, 0.717) is 6.54 Å². The zero-order chi connectivity index (χ0) is 16.8. The van der Waals surface area contributed by atoms with Gasteiger partial charge in [-0.1, -0.05) is 20.8 Å². The van der Waals surface area contributed by atoms with Crippen molar-refractivity contribution in [3.8, 4) is 0 Å². The number of rotatable bonds is 2. The van der Waals surface area contributed by atoms with Crippen LogP contribution in [0.4, 0.5) is 0 Å². The normalized spacial score (nSPS) is 15.7. The maximum atomic E-state index is 12.5. The fourth-order valence-corrected chi connectivity index (χ4v) is 3.00. The molecule has 3 rings (SSSR count). The Bertz CT molecular complexity index is 762. The Morgan fingerprint density at radius 1 is 1.26 bits per heavy atom. The number of nitrogens with zero attached hydrogens (tertiary/aromatic N) is 3. The Morgan fingerprint density at radius 3 is 2.61 bits per heavy atom. The van der Waals surface area contributed by atoms with Gasteiger partial charge in [0.25, 0.3) is 5.56 Å². The van der Waals surface area contributed by atoms with Gasteiger partial charge >= 0.3 is 0 Å². The van der Waals surface area contributed by atoms with Gasteiger partial charge in [0.1, 0.15) is 5.82 Å². The average molecular weight is 315 g/mol. The van der Waals surface area contributed by atoms with E-state index in [0.717, 1.165) is 48.0 Å². The van der Waals surface area contributed by atoms with Crippen LogP contribution in [0.15, 0.2) is 4.79 Å². The molecule has 1 aliphatic heterocycles. The van der Waals surface area contributed by atoms with Gasteiger partial charge in [-0.05, 0) is 13.8 Å². The summed E-state index contributed by atoms with van der Waals surface area (Å²) in [6, 6.07) is 0. The van der Waals surface area contributed by atoms with Crippen molar-refractivity contribution in [3.63, 3.8) is 0 Å². The molecule has 0 saturated heterocycles. The second-order valence-corrected chi connectivity index (χ2v) is 7.46. The molecule has 6 heteroatoms. The Morgan fingerprint density at radius 2 is 2.00 bits per heavy atom. The summed E-state index contributed by atoms with van der Waals surface area (Å²) in [5.41, 5.74) is 4.98. The highest BCUT2D eigenvalue weighted by Crippen LogP contribution is 2.22. The zero-order valence-corrected chi connectivity index (χ0v) is 14.6. The maximum absolute atomic E-state index is 12.5. The lowest BCUT2D eigenvalue weighted by atomic mass is 9.95. The van der Waals surface area contributed by atoms with E-state index < -0.39 is 0 Å². The quantitative estimate of drug-likeness (QED) is 0.888. The molecule has 0 saturated carbocycles. The average Bonchev–Trinajstić information content (AvgIpc) is 2.78. The summed E-state index contributed by atoms with van der Waals surface area (Å²) in [5, 5.41) is 7.27. The van der Waals surface area contributed by atoms with E-state index in [9.17, 15) is 4.79 Å². The van der Waals surface area contributed by atoms with Crippen molar-refractivity contribution >= 4 is 0 Å². The third-order valence-corrected chi connectivity index (χ3v) is 4.52. The second kappa shape index (κ2) is 5.60. The van der Waals surface area contributed by atoms with E-state index in [1.807, 2.05) is 13.8 Å². The van der Waals surface area contributed by atoms with Crippen LogP contribution in [0.2, 0.25) is 0 Å². The fraction of sp³-hybridized carbons (Fsp3) is 0.588. The lowest BCUT2D eigenvalue weighted by molar-refractivity contribution is 0.240. The summed E-state index contributed by atoms with van der Waals surface area (Å²) in [5.74, 6) is 0.774. The van der Waals surface area contributed by atoms with Crippen molar-refractivity contribution in [1.82, 2.24) is 25.1 Å². The van der Waals surface area contributed by atoms with Gasteiger partial charge in [0.15, 0.2) is 0 Å². The first kappa shape index (κ1) is 15.9. The molecule has 0 spiro atoms. The third-order valence-electron chi connectivity index (χ3n) is 4.52. The molecular weight excluding hydrogens is 290 g/mol. The van der Waals surface area contributed by atoms with E-state index >= 15 is 0 Å². The Hall–Kier alpha value is -1.95. The smallest absolute Gasteiger partial charge is 0.255 e. The van der Waals surface area contributed by atoms with Crippen molar-refractivity contribution < 1.29 is 0 Å². The van der Waals surface area contributed by atoms with Gasteiger partial charge in [0.05, 0.1) is 17.0 Å². The van der Waals surface area contributed by atoms with Crippen LogP contribution >= 0.6 is 0 Å². The minimum atomic E-state index is -0.143. The molecule has 0 amide bonds. The number of aromatic nitrogens is 4. The Labute approximate surface area is 136 Å². The highest BCUT2D eigenvalue weighted by atomic mass is 16.1. The zero-order valence-electron chi connectivity index (χ0n) is 14.6. The van der Waals surface area contributed by atoms with Gasteiger partial charge in [-0.3, -0.25) is 14.8 Å². The summed E-state index contributed by atoms with van der Waals surface area (Å²) in [4.78, 5) is 22.4. The monoisotopic (exact) mass is 315 g/mol. The van der Waals surface area contributed by atoms with Crippen molar-refractivity contribution in [1.29, 1.82) is 0 Å². The number of hydrogen-bond donors (Lipinski definition) is 2. The summed E-state index contributed by atoms with van der Waals surface area (Å²) in [7, 11) is 0. The molecule has 0 aliphatic carbocycles. The molecular formula is C17H25N5O. The molecule has 0 aromatic carbocycles. The standard InChI is InChI=1S/C17H25N5O/c1-10-12(11(2)21-20-10)8-22-7-6-14-13(9-22)15(23)19-16(18-14)17(3,4)5/h6-9H2,1-5H3,(H,20,21)(H,18,19,23). The van der Waals surface area contributed by atoms with Gasteiger partial charge in [-0.25, -0.2) is 4.98 Å². The van der Waals surface area contributed by atoms with Gasteiger partial charge in [-0.2, -0.15) is 5.10 Å². The molecule has 3 heterocycles. The molecule has 0 radical (unpaired) electrons. The van der Waals surface area contributed by atoms with E-state index in [-0.39, 0.29) is 11.0 Å². The Balaban J connectivity index is 1.86. The number of nitrogens with one attached hydrogen (secondary N) is 2. The van der Waals surface area contributed by atoms with Gasteiger partial charge in [0, 0.05) is 42.7 Å². The topological polar surface area (TPSA) is 77.7 Å². The third kappa shape index (κ3) is 3.08. The van der Waals surface area contributed by atoms with Crippen LogP contribution in [-0.4, -0.2) is 31.6 Å². The SMILES string of the molecule is Cc1n[nH]c(C)c1CN1CCc2nc(C(C)(C)C)[nH]c(=O)c2C1. The molecule has 0 bridgehead atoms. The molecule has 2 aromatic heterocycles. The molecule has 6 nitrogen and oxygen atoms in total. The molecule has 2 N–H and O–H groups in total. The first-order valence-corrected chi connectivity index (χ1v) is 8.11. The number of fused-ring (bicyclic) bond motifs is 1. The largest absolute Gasteiger partial charge is 0.310 e. The van der Waals surface area contributed by atoms with Crippen molar-refractivity contribution in [2.75, 3.05) is 6.54 Å². The number of aromatic amines is 2. The lowest BCUT2D eigenvalue weighted by Gasteiger charge is -2.29. The van der Waals surface area contributed by atoms with Crippen LogP contribution < -0.4 is 5.56 Å². The molecule has 1 aliphatic rings. The first-order chi connectivity index (χ1) is 10.8. The molecule has 23 heavy (non-hydrogen) atoms. The molecule has 0 fully saturated rings. The van der Waals surface area contributed by atoms with Crippen LogP contribution in [0, 0.1) is 13.8 Å². The number of hydrogen-bond acceptors (Lipinski definition) is 4. The van der Waals surface area contributed by atoms with E-state index in [1.54, 1.807) is 0 Å². The predicted molar refractivity (Wildman–Crippen MR) is 89.4 cm³/mol. The maximum Gasteiger partial charge on any atom is 0.255 e. The van der Waals surface area contributed by atoms with E-state index in [2.05, 4.69) is 40.9 Å². The second-order valence-electron chi connectivity index (χ2n) is 7.46. The molecule has 0 atom stereocenters. The van der Waals surface area contributed by atoms with Gasteiger partial charge in [-0.15, -0.1) is 0 Å². The Kier molecular flexibility index (Phi) is 3.88.